The number of nitrogens with zero attached hydrogens (tertiary/aromatic N) is 1. The van der Waals surface area contributed by atoms with E-state index >= 15 is 0 Å². The maximum absolute atomic E-state index is 13.3. The number of hydrogen-bond acceptors (Lipinski definition) is 24. The van der Waals surface area contributed by atoms with Gasteiger partial charge in [0.15, 0.2) is 17.1 Å². The number of hydrogen-bond donors (Lipinski definition) is 20. The summed E-state index contributed by atoms with van der Waals surface area (Å²) in [5.74, 6) is -35.7. The van der Waals surface area contributed by atoms with Crippen LogP contribution in [-0.2, 0) is 16.3 Å². The fraction of sp³-hybridized carbons (Fsp3) is 0.632. The van der Waals surface area contributed by atoms with Gasteiger partial charge in [0.2, 0.25) is 17.3 Å². The predicted octanol–water partition coefficient (Wildman–Crippen LogP) is -12.4. The van der Waals surface area contributed by atoms with Crippen molar-refractivity contribution < 1.29 is 116 Å². The fourth-order valence-corrected chi connectivity index (χ4v) is 4.87. The van der Waals surface area contributed by atoms with Gasteiger partial charge in [0, 0.05) is 17.7 Å². The quantitative estimate of drug-likeness (QED) is 0.123. The first-order chi connectivity index (χ1) is 18.7. The van der Waals surface area contributed by atoms with Gasteiger partial charge in [0.25, 0.3) is 23.1 Å². The molecule has 0 amide bonds. The normalized spacial score (nSPS) is 27.8. The van der Waals surface area contributed by atoms with E-state index in [9.17, 15) is 91.6 Å². The third kappa shape index (κ3) is 4.20. The largest absolute Gasteiger partial charge is 0.493 e. The Morgan fingerprint density at radius 1 is 0.698 bits per heavy atom. The van der Waals surface area contributed by atoms with Crippen molar-refractivity contribution in [3.05, 3.63) is 23.3 Å². The number of ketones is 1. The molecule has 43 heavy (non-hydrogen) atoms. The van der Waals surface area contributed by atoms with E-state index in [0.717, 1.165) is 7.11 Å². The Labute approximate surface area is 234 Å². The van der Waals surface area contributed by atoms with Gasteiger partial charge >= 0.3 is 18.1 Å². The highest BCUT2D eigenvalue weighted by Gasteiger charge is 2.87. The number of methoxy groups -OCH3 is 1. The molecule has 0 saturated carbocycles. The van der Waals surface area contributed by atoms with Crippen molar-refractivity contribution in [2.45, 2.75) is 58.3 Å². The average molecular weight is 637 g/mol. The van der Waals surface area contributed by atoms with Gasteiger partial charge in [0.05, 0.1) is 7.11 Å². The summed E-state index contributed by atoms with van der Waals surface area (Å²) >= 11 is 0. The zero-order chi connectivity index (χ0) is 34.0. The molecule has 1 aromatic rings. The molecule has 2 atom stereocenters. The Morgan fingerprint density at radius 3 is 1.53 bits per heavy atom. The number of carbonyl (C=O) groups is 1. The molecule has 1 aromatic carbocycles. The summed E-state index contributed by atoms with van der Waals surface area (Å²) in [5.41, 5.74) is -18.0. The van der Waals surface area contributed by atoms with Crippen molar-refractivity contribution in [1.29, 1.82) is 0 Å². The summed E-state index contributed by atoms with van der Waals surface area (Å²) in [5, 5.41) is 202. The van der Waals surface area contributed by atoms with Gasteiger partial charge < -0.3 is 112 Å². The molecule has 0 spiro atoms. The molecule has 1 saturated heterocycles. The van der Waals surface area contributed by atoms with Crippen LogP contribution in [0, 0.1) is 0 Å². The van der Waals surface area contributed by atoms with E-state index in [0.29, 0.717) is 0 Å². The molecular formula is C19H27NO23. The molecule has 3 rings (SSSR count). The first-order valence-corrected chi connectivity index (χ1v) is 11.0. The van der Waals surface area contributed by atoms with Gasteiger partial charge in [-0.05, 0) is 12.1 Å². The molecule has 0 aromatic heterocycles. The highest BCUT2D eigenvalue weighted by molar-refractivity contribution is 5.97. The van der Waals surface area contributed by atoms with Crippen molar-refractivity contribution in [1.82, 2.24) is 4.90 Å². The lowest BCUT2D eigenvalue weighted by Gasteiger charge is -2.64. The van der Waals surface area contributed by atoms with E-state index in [-0.39, 0.29) is 12.1 Å². The van der Waals surface area contributed by atoms with Crippen LogP contribution in [0.25, 0.3) is 0 Å². The van der Waals surface area contributed by atoms with Crippen molar-refractivity contribution in [3.63, 3.8) is 0 Å². The molecule has 24 nitrogen and oxygen atoms in total. The van der Waals surface area contributed by atoms with Crippen LogP contribution in [0.2, 0.25) is 0 Å². The van der Waals surface area contributed by atoms with Crippen LogP contribution in [0.15, 0.2) is 12.1 Å². The minimum Gasteiger partial charge on any atom is -0.493 e. The van der Waals surface area contributed by atoms with Crippen molar-refractivity contribution in [2.24, 2.45) is 0 Å². The van der Waals surface area contributed by atoms with Gasteiger partial charge in [-0.15, -0.1) is 0 Å². The monoisotopic (exact) mass is 637 g/mol. The van der Waals surface area contributed by atoms with E-state index in [1.807, 2.05) is 0 Å². The second-order valence-corrected chi connectivity index (χ2v) is 9.81. The summed E-state index contributed by atoms with van der Waals surface area (Å²) in [6, 6.07) is 0.361. The van der Waals surface area contributed by atoms with E-state index < -0.39 is 98.2 Å². The van der Waals surface area contributed by atoms with Crippen molar-refractivity contribution in [2.75, 3.05) is 13.7 Å². The maximum Gasteiger partial charge on any atom is 0.453 e. The number of carbonyl (C=O) groups excluding carboxylic acids is 1. The zero-order valence-electron chi connectivity index (χ0n) is 21.0. The number of aliphatic hydroxyl groups is 20. The summed E-state index contributed by atoms with van der Waals surface area (Å²) in [4.78, 5) is 12.3. The lowest BCUT2D eigenvalue weighted by atomic mass is 9.65. The topological polar surface area (TPSA) is 443 Å². The molecule has 0 radical (unpaired) electrons. The second-order valence-electron chi connectivity index (χ2n) is 9.81. The molecule has 2 aliphatic heterocycles. The third-order valence-electron chi connectivity index (χ3n) is 7.15. The smallest absolute Gasteiger partial charge is 0.453 e. The van der Waals surface area contributed by atoms with Gasteiger partial charge in [-0.25, -0.2) is 4.90 Å². The highest BCUT2D eigenvalue weighted by atomic mass is 16.9. The molecule has 0 bridgehead atoms. The van der Waals surface area contributed by atoms with Crippen molar-refractivity contribution >= 4 is 5.78 Å². The summed E-state index contributed by atoms with van der Waals surface area (Å²) in [6.07, 6.45) is -4.05. The Morgan fingerprint density at radius 2 is 1.14 bits per heavy atom. The van der Waals surface area contributed by atoms with Crippen molar-refractivity contribution in [3.8, 4) is 11.5 Å². The predicted molar refractivity (Wildman–Crippen MR) is 115 cm³/mol. The first kappa shape index (κ1) is 35.1. The lowest BCUT2D eigenvalue weighted by Crippen LogP contribution is -2.92. The molecule has 2 heterocycles. The standard InChI is InChI=1S/C19H27NO23/c1-42-7-2-5-6(3-8(7)43-19(39,40)41)12(24,25)16(31,32)20-4-10(22,9(21)13(26,27)11(5,20)23)15(29,30)14(28,17(33,34)35)18(36,37)38/h2-3,22-41H,4H2,1H3. The Kier molecular flexibility index (Phi) is 7.44. The Hall–Kier alpha value is -2.35. The average Bonchev–Trinajstić information content (AvgIpc) is 2.80. The molecule has 1 fully saturated rings. The molecule has 20 N–H and O–H groups in total. The zero-order valence-corrected chi connectivity index (χ0v) is 21.0. The summed E-state index contributed by atoms with van der Waals surface area (Å²) < 4.78 is 9.02. The van der Waals surface area contributed by atoms with Crippen LogP contribution in [0.4, 0.5) is 0 Å². The molecule has 246 valence electrons. The number of benzene rings is 1. The fourth-order valence-electron chi connectivity index (χ4n) is 4.87. The number of Topliss-reactive ketones (excluding diaryl/α,β-unsaturated/α-hetero) is 1. The third-order valence-corrected chi connectivity index (χ3v) is 7.15. The number of piperidine rings is 1. The first-order valence-electron chi connectivity index (χ1n) is 11.0. The highest BCUT2D eigenvalue weighted by Crippen LogP contribution is 2.58. The van der Waals surface area contributed by atoms with Crippen LogP contribution in [0.1, 0.15) is 11.1 Å². The van der Waals surface area contributed by atoms with Gasteiger partial charge in [-0.2, -0.15) is 0 Å². The van der Waals surface area contributed by atoms with Gasteiger partial charge in [-0.1, -0.05) is 0 Å². The summed E-state index contributed by atoms with van der Waals surface area (Å²) in [6.45, 7) is -2.60. The maximum atomic E-state index is 13.3. The number of fused-ring (bicyclic) bond motifs is 3. The van der Waals surface area contributed by atoms with Crippen LogP contribution in [-0.4, -0.2) is 173 Å². The van der Waals surface area contributed by atoms with E-state index in [1.165, 1.54) is 0 Å². The lowest BCUT2D eigenvalue weighted by molar-refractivity contribution is -0.558. The Balaban J connectivity index is 2.45. The van der Waals surface area contributed by atoms with E-state index in [2.05, 4.69) is 4.74 Å². The molecule has 24 heteroatoms. The van der Waals surface area contributed by atoms with E-state index in [1.54, 1.807) is 0 Å². The Bertz CT molecular complexity index is 1290. The molecule has 2 unspecified atom stereocenters. The second kappa shape index (κ2) is 9.11. The molecule has 0 aliphatic carbocycles. The van der Waals surface area contributed by atoms with Gasteiger partial charge in [-0.3, -0.25) is 4.79 Å². The van der Waals surface area contributed by atoms with Crippen LogP contribution >= 0.6 is 0 Å². The summed E-state index contributed by atoms with van der Waals surface area (Å²) in [7, 11) is 0.763. The molecular weight excluding hydrogens is 610 g/mol. The minimum atomic E-state index is -5.64. The van der Waals surface area contributed by atoms with Crippen LogP contribution in [0.3, 0.4) is 0 Å². The SMILES string of the molecule is COc1cc2c(cc1OC(O)(O)O)C(O)(O)C(O)(O)N1CC(O)(C(O)(O)C(O)(C(O)(O)O)C(O)(O)O)C(=O)C(O)(O)C21O. The van der Waals surface area contributed by atoms with Gasteiger partial charge in [0.1, 0.15) is 0 Å². The van der Waals surface area contributed by atoms with E-state index in [4.69, 9.17) is 20.1 Å². The van der Waals surface area contributed by atoms with Crippen LogP contribution in [0.5, 0.6) is 11.5 Å². The minimum absolute atomic E-state index is 0.125. The molecule has 2 aliphatic rings. The van der Waals surface area contributed by atoms with Crippen LogP contribution < -0.4 is 9.47 Å². The number of ether oxygens (including phenoxy) is 2. The number of rotatable bonds is 7.